The molecule has 0 amide bonds. The number of hydrogen-bond donors (Lipinski definition) is 1. The van der Waals surface area contributed by atoms with Gasteiger partial charge in [0.2, 0.25) is 0 Å². The van der Waals surface area contributed by atoms with Gasteiger partial charge in [0.1, 0.15) is 0 Å². The number of hydrogen-bond acceptors (Lipinski definition) is 4. The first-order valence-electron chi connectivity index (χ1n) is 10.0. The van der Waals surface area contributed by atoms with Crippen molar-refractivity contribution in [1.82, 2.24) is 20.1 Å². The van der Waals surface area contributed by atoms with E-state index >= 15 is 0 Å². The number of aliphatic imine (C=N–C) groups is 1. The van der Waals surface area contributed by atoms with Gasteiger partial charge in [-0.2, -0.15) is 0 Å². The third kappa shape index (κ3) is 6.04. The summed E-state index contributed by atoms with van der Waals surface area (Å²) in [4.78, 5) is 14.4. The van der Waals surface area contributed by atoms with E-state index in [9.17, 15) is 0 Å². The second kappa shape index (κ2) is 10.4. The first kappa shape index (κ1) is 19.8. The van der Waals surface area contributed by atoms with E-state index in [1.165, 1.54) is 16.3 Å². The van der Waals surface area contributed by atoms with Crippen molar-refractivity contribution >= 4 is 17.3 Å². The predicted octanol–water partition coefficient (Wildman–Crippen LogP) is 3.03. The first-order chi connectivity index (χ1) is 13.3. The Bertz CT molecular complexity index is 704. The molecule has 6 heteroatoms. The molecular formula is C21H31N5S. The van der Waals surface area contributed by atoms with Gasteiger partial charge in [-0.3, -0.25) is 9.89 Å². The molecular weight excluding hydrogens is 354 g/mol. The van der Waals surface area contributed by atoms with Crippen LogP contribution in [0.25, 0.3) is 0 Å². The van der Waals surface area contributed by atoms with E-state index in [4.69, 9.17) is 4.99 Å². The molecule has 0 unspecified atom stereocenters. The van der Waals surface area contributed by atoms with Crippen molar-refractivity contribution in [2.24, 2.45) is 4.99 Å². The van der Waals surface area contributed by atoms with Crippen LogP contribution in [0.5, 0.6) is 0 Å². The molecule has 0 saturated carbocycles. The Morgan fingerprint density at radius 2 is 1.93 bits per heavy atom. The Kier molecular flexibility index (Phi) is 7.66. The molecule has 27 heavy (non-hydrogen) atoms. The maximum absolute atomic E-state index is 4.85. The van der Waals surface area contributed by atoms with Crippen LogP contribution in [-0.2, 0) is 19.4 Å². The maximum Gasteiger partial charge on any atom is 0.194 e. The number of aryl methyl sites for hydroxylation is 1. The number of nitrogens with zero attached hydrogens (tertiary/aromatic N) is 4. The quantitative estimate of drug-likeness (QED) is 0.588. The summed E-state index contributed by atoms with van der Waals surface area (Å²) in [6.07, 6.45) is 1.93. The average molecular weight is 386 g/mol. The normalized spacial score (nSPS) is 15.9. The average Bonchev–Trinajstić information content (AvgIpc) is 3.17. The lowest BCUT2D eigenvalue weighted by molar-refractivity contribution is 0.172. The van der Waals surface area contributed by atoms with Crippen LogP contribution in [0.15, 0.2) is 40.7 Å². The summed E-state index contributed by atoms with van der Waals surface area (Å²) in [5, 5.41) is 6.85. The minimum atomic E-state index is 0.791. The fraction of sp³-hybridized carbons (Fsp3) is 0.524. The van der Waals surface area contributed by atoms with Crippen molar-refractivity contribution in [2.75, 3.05) is 39.3 Å². The summed E-state index contributed by atoms with van der Waals surface area (Å²) in [7, 11) is 0. The monoisotopic (exact) mass is 385 g/mol. The zero-order valence-corrected chi connectivity index (χ0v) is 17.3. The SMILES string of the molecule is CCNC(=NCCc1csc(CC)n1)N1CCN(Cc2ccccc2)CC1. The minimum absolute atomic E-state index is 0.791. The second-order valence-corrected chi connectivity index (χ2v) is 7.76. The summed E-state index contributed by atoms with van der Waals surface area (Å²) >= 11 is 1.76. The lowest BCUT2D eigenvalue weighted by atomic mass is 10.2. The summed E-state index contributed by atoms with van der Waals surface area (Å²) in [6.45, 7) is 11.2. The summed E-state index contributed by atoms with van der Waals surface area (Å²) in [5.41, 5.74) is 2.56. The molecule has 0 bridgehead atoms. The lowest BCUT2D eigenvalue weighted by Crippen LogP contribution is -2.52. The molecule has 1 fully saturated rings. The van der Waals surface area contributed by atoms with E-state index in [1.54, 1.807) is 11.3 Å². The Balaban J connectivity index is 1.49. The molecule has 5 nitrogen and oxygen atoms in total. The molecule has 1 aromatic heterocycles. The number of piperazine rings is 1. The van der Waals surface area contributed by atoms with Gasteiger partial charge < -0.3 is 10.2 Å². The zero-order valence-electron chi connectivity index (χ0n) is 16.5. The van der Waals surface area contributed by atoms with Gasteiger partial charge in [-0.05, 0) is 18.9 Å². The molecule has 1 saturated heterocycles. The van der Waals surface area contributed by atoms with E-state index in [0.717, 1.165) is 64.6 Å². The van der Waals surface area contributed by atoms with Crippen LogP contribution in [0.4, 0.5) is 0 Å². The van der Waals surface area contributed by atoms with Crippen molar-refractivity contribution in [1.29, 1.82) is 0 Å². The van der Waals surface area contributed by atoms with Gasteiger partial charge in [0.25, 0.3) is 0 Å². The van der Waals surface area contributed by atoms with Crippen LogP contribution in [0, 0.1) is 0 Å². The Hall–Kier alpha value is -1.92. The number of thiazole rings is 1. The van der Waals surface area contributed by atoms with Crippen LogP contribution < -0.4 is 5.32 Å². The van der Waals surface area contributed by atoms with E-state index in [-0.39, 0.29) is 0 Å². The molecule has 0 atom stereocenters. The molecule has 1 N–H and O–H groups in total. The predicted molar refractivity (Wildman–Crippen MR) is 114 cm³/mol. The standard InChI is InChI=1S/C21H31N5S/c1-3-20-24-19(17-27-20)10-11-23-21(22-4-2)26-14-12-25(13-15-26)16-18-8-6-5-7-9-18/h5-9,17H,3-4,10-16H2,1-2H3,(H,22,23). The second-order valence-electron chi connectivity index (χ2n) is 6.82. The highest BCUT2D eigenvalue weighted by Gasteiger charge is 2.19. The van der Waals surface area contributed by atoms with Gasteiger partial charge in [0.05, 0.1) is 10.7 Å². The molecule has 2 aromatic rings. The van der Waals surface area contributed by atoms with Crippen LogP contribution in [0.1, 0.15) is 30.1 Å². The van der Waals surface area contributed by atoms with E-state index in [1.807, 2.05) is 0 Å². The summed E-state index contributed by atoms with van der Waals surface area (Å²) < 4.78 is 0. The van der Waals surface area contributed by atoms with Crippen molar-refractivity contribution in [3.63, 3.8) is 0 Å². The van der Waals surface area contributed by atoms with Crippen molar-refractivity contribution in [2.45, 2.75) is 33.2 Å². The maximum atomic E-state index is 4.85. The number of nitrogens with one attached hydrogen (secondary N) is 1. The molecule has 146 valence electrons. The third-order valence-electron chi connectivity index (χ3n) is 4.79. The van der Waals surface area contributed by atoms with Gasteiger partial charge in [0, 0.05) is 57.6 Å². The highest BCUT2D eigenvalue weighted by atomic mass is 32.1. The number of benzene rings is 1. The Morgan fingerprint density at radius 1 is 1.15 bits per heavy atom. The Morgan fingerprint density at radius 3 is 2.59 bits per heavy atom. The number of aromatic nitrogens is 1. The first-order valence-corrected chi connectivity index (χ1v) is 10.9. The molecule has 1 aliphatic rings. The summed E-state index contributed by atoms with van der Waals surface area (Å²) in [5.74, 6) is 1.04. The minimum Gasteiger partial charge on any atom is -0.357 e. The fourth-order valence-electron chi connectivity index (χ4n) is 3.29. The van der Waals surface area contributed by atoms with Crippen LogP contribution in [-0.4, -0.2) is 60.0 Å². The van der Waals surface area contributed by atoms with Gasteiger partial charge in [-0.25, -0.2) is 4.98 Å². The highest BCUT2D eigenvalue weighted by Crippen LogP contribution is 2.11. The molecule has 1 aliphatic heterocycles. The van der Waals surface area contributed by atoms with E-state index < -0.39 is 0 Å². The number of rotatable bonds is 7. The fourth-order valence-corrected chi connectivity index (χ4v) is 4.07. The van der Waals surface area contributed by atoms with Crippen molar-refractivity contribution < 1.29 is 0 Å². The van der Waals surface area contributed by atoms with Gasteiger partial charge in [0.15, 0.2) is 5.96 Å². The van der Waals surface area contributed by atoms with Gasteiger partial charge in [-0.15, -0.1) is 11.3 Å². The molecule has 0 aliphatic carbocycles. The zero-order chi connectivity index (χ0) is 18.9. The van der Waals surface area contributed by atoms with Gasteiger partial charge >= 0.3 is 0 Å². The van der Waals surface area contributed by atoms with Crippen LogP contribution in [0.2, 0.25) is 0 Å². The van der Waals surface area contributed by atoms with Crippen molar-refractivity contribution in [3.8, 4) is 0 Å². The highest BCUT2D eigenvalue weighted by molar-refractivity contribution is 7.09. The Labute approximate surface area is 167 Å². The topological polar surface area (TPSA) is 43.8 Å². The van der Waals surface area contributed by atoms with Crippen LogP contribution >= 0.6 is 11.3 Å². The molecule has 0 radical (unpaired) electrons. The third-order valence-corrected chi connectivity index (χ3v) is 5.83. The van der Waals surface area contributed by atoms with Crippen LogP contribution in [0.3, 0.4) is 0 Å². The molecule has 3 rings (SSSR count). The number of guanidine groups is 1. The summed E-state index contributed by atoms with van der Waals surface area (Å²) in [6, 6.07) is 10.7. The molecule has 1 aromatic carbocycles. The smallest absolute Gasteiger partial charge is 0.194 e. The van der Waals surface area contributed by atoms with E-state index in [0.29, 0.717) is 0 Å². The lowest BCUT2D eigenvalue weighted by Gasteiger charge is -2.36. The molecule has 0 spiro atoms. The van der Waals surface area contributed by atoms with E-state index in [2.05, 4.69) is 69.7 Å². The van der Waals surface area contributed by atoms with Gasteiger partial charge in [-0.1, -0.05) is 37.3 Å². The van der Waals surface area contributed by atoms with Crippen molar-refractivity contribution in [3.05, 3.63) is 52.0 Å². The molecule has 2 heterocycles. The largest absolute Gasteiger partial charge is 0.357 e.